The van der Waals surface area contributed by atoms with Gasteiger partial charge >= 0.3 is 0 Å². The summed E-state index contributed by atoms with van der Waals surface area (Å²) >= 11 is 0. The van der Waals surface area contributed by atoms with Crippen molar-refractivity contribution in [2.24, 2.45) is 0 Å². The monoisotopic (exact) mass is 389 g/mol. The van der Waals surface area contributed by atoms with Crippen LogP contribution in [0.5, 0.6) is 11.6 Å². The quantitative estimate of drug-likeness (QED) is 0.670. The molecule has 1 unspecified atom stereocenters. The molecule has 2 aromatic heterocycles. The highest BCUT2D eigenvalue weighted by atomic mass is 16.5. The maximum Gasteiger partial charge on any atom is 0.237 e. The van der Waals surface area contributed by atoms with E-state index in [2.05, 4.69) is 28.2 Å². The van der Waals surface area contributed by atoms with Gasteiger partial charge in [0.05, 0.1) is 24.1 Å². The number of carbonyl (C=O) groups excluding carboxylic acids is 1. The third kappa shape index (κ3) is 3.26. The van der Waals surface area contributed by atoms with Crippen molar-refractivity contribution in [2.75, 3.05) is 4.90 Å². The minimum Gasteiger partial charge on any atom is -0.436 e. The molecule has 1 fully saturated rings. The zero-order valence-electron chi connectivity index (χ0n) is 16.6. The third-order valence-electron chi connectivity index (χ3n) is 5.67. The number of benzene rings is 1. The van der Waals surface area contributed by atoms with E-state index in [0.29, 0.717) is 11.9 Å². The molecule has 1 amide bonds. The van der Waals surface area contributed by atoms with Crippen LogP contribution in [0.4, 0.5) is 5.69 Å². The van der Waals surface area contributed by atoms with Gasteiger partial charge in [-0.3, -0.25) is 14.5 Å². The normalized spacial score (nSPS) is 18.4. The average Bonchev–Trinajstić information content (AvgIpc) is 3.46. The number of rotatable bonds is 4. The first-order valence-electron chi connectivity index (χ1n) is 10.1. The summed E-state index contributed by atoms with van der Waals surface area (Å²) in [6, 6.07) is 4.72. The van der Waals surface area contributed by atoms with E-state index >= 15 is 0 Å². The molecule has 7 nitrogen and oxygen atoms in total. The highest BCUT2D eigenvalue weighted by Crippen LogP contribution is 2.45. The van der Waals surface area contributed by atoms with E-state index < -0.39 is 0 Å². The van der Waals surface area contributed by atoms with Gasteiger partial charge in [0.1, 0.15) is 5.75 Å². The van der Waals surface area contributed by atoms with Gasteiger partial charge in [-0.2, -0.15) is 5.10 Å². The number of amides is 1. The number of ether oxygens (including phenoxy) is 1. The highest BCUT2D eigenvalue weighted by molar-refractivity contribution is 5.95. The molecule has 0 N–H and O–H groups in total. The zero-order valence-corrected chi connectivity index (χ0v) is 16.6. The molecule has 3 aromatic rings. The SMILES string of the molecule is CC(=O)N1c2ccc(-c3cnn(C4CC4)c3)c(Oc3cnccn3)c2CCC1C. The Hall–Kier alpha value is -3.22. The number of nitrogens with zero attached hydrogens (tertiary/aromatic N) is 5. The van der Waals surface area contributed by atoms with Gasteiger partial charge in [-0.1, -0.05) is 0 Å². The Morgan fingerprint density at radius 3 is 2.76 bits per heavy atom. The van der Waals surface area contributed by atoms with E-state index in [-0.39, 0.29) is 11.9 Å². The van der Waals surface area contributed by atoms with Gasteiger partial charge in [0.25, 0.3) is 0 Å². The van der Waals surface area contributed by atoms with E-state index in [0.717, 1.165) is 41.0 Å². The van der Waals surface area contributed by atoms with Gasteiger partial charge in [-0.15, -0.1) is 0 Å². The first-order chi connectivity index (χ1) is 14.1. The molecule has 1 saturated carbocycles. The molecule has 7 heteroatoms. The Morgan fingerprint density at radius 1 is 1.17 bits per heavy atom. The van der Waals surface area contributed by atoms with E-state index in [1.54, 1.807) is 25.5 Å². The smallest absolute Gasteiger partial charge is 0.237 e. The number of fused-ring (bicyclic) bond motifs is 1. The first kappa shape index (κ1) is 17.8. The maximum atomic E-state index is 12.3. The predicted molar refractivity (Wildman–Crippen MR) is 109 cm³/mol. The van der Waals surface area contributed by atoms with Crippen molar-refractivity contribution in [3.63, 3.8) is 0 Å². The van der Waals surface area contributed by atoms with E-state index in [9.17, 15) is 4.79 Å². The van der Waals surface area contributed by atoms with Crippen molar-refractivity contribution in [2.45, 2.75) is 51.6 Å². The zero-order chi connectivity index (χ0) is 20.0. The molecule has 148 valence electrons. The molecular weight excluding hydrogens is 366 g/mol. The van der Waals surface area contributed by atoms with Gasteiger partial charge in [0.15, 0.2) is 0 Å². The lowest BCUT2D eigenvalue weighted by molar-refractivity contribution is -0.117. The molecule has 3 heterocycles. The second-order valence-electron chi connectivity index (χ2n) is 7.80. The van der Waals surface area contributed by atoms with Crippen LogP contribution in [0.15, 0.2) is 43.1 Å². The summed E-state index contributed by atoms with van der Waals surface area (Å²) in [6.07, 6.45) is 12.9. The third-order valence-corrected chi connectivity index (χ3v) is 5.67. The Labute approximate surface area is 169 Å². The minimum atomic E-state index is 0.0400. The summed E-state index contributed by atoms with van der Waals surface area (Å²) in [5.74, 6) is 1.21. The number of carbonyl (C=O) groups is 1. The first-order valence-corrected chi connectivity index (χ1v) is 10.1. The van der Waals surface area contributed by atoms with Gasteiger partial charge in [-0.05, 0) is 44.7 Å². The molecular formula is C22H23N5O2. The van der Waals surface area contributed by atoms with Crippen LogP contribution in [0.1, 0.15) is 44.7 Å². The van der Waals surface area contributed by atoms with E-state index in [4.69, 9.17) is 4.74 Å². The molecule has 29 heavy (non-hydrogen) atoms. The molecule has 0 saturated heterocycles. The van der Waals surface area contributed by atoms with Crippen LogP contribution in [0, 0.1) is 0 Å². The molecule has 1 aromatic carbocycles. The van der Waals surface area contributed by atoms with Crippen LogP contribution in [0.25, 0.3) is 11.1 Å². The Morgan fingerprint density at radius 2 is 2.03 bits per heavy atom. The fraction of sp³-hybridized carbons (Fsp3) is 0.364. The van der Waals surface area contributed by atoms with Crippen LogP contribution in [-0.2, 0) is 11.2 Å². The van der Waals surface area contributed by atoms with Crippen LogP contribution >= 0.6 is 0 Å². The van der Waals surface area contributed by atoms with E-state index in [1.165, 1.54) is 12.8 Å². The molecule has 1 aliphatic carbocycles. The van der Waals surface area contributed by atoms with Crippen molar-refractivity contribution < 1.29 is 9.53 Å². The highest BCUT2D eigenvalue weighted by Gasteiger charge is 2.31. The summed E-state index contributed by atoms with van der Waals surface area (Å²) in [5.41, 5.74) is 3.90. The van der Waals surface area contributed by atoms with Crippen molar-refractivity contribution in [1.29, 1.82) is 0 Å². The topological polar surface area (TPSA) is 73.1 Å². The minimum absolute atomic E-state index is 0.0400. The van der Waals surface area contributed by atoms with Gasteiger partial charge in [-0.25, -0.2) is 4.98 Å². The molecule has 2 aliphatic rings. The van der Waals surface area contributed by atoms with Crippen LogP contribution in [0.2, 0.25) is 0 Å². The number of aromatic nitrogens is 4. The molecule has 0 radical (unpaired) electrons. The lowest BCUT2D eigenvalue weighted by atomic mass is 9.92. The van der Waals surface area contributed by atoms with Gasteiger partial charge < -0.3 is 9.64 Å². The van der Waals surface area contributed by atoms with Crippen LogP contribution < -0.4 is 9.64 Å². The van der Waals surface area contributed by atoms with E-state index in [1.807, 2.05) is 27.9 Å². The lowest BCUT2D eigenvalue weighted by Crippen LogP contribution is -2.40. The van der Waals surface area contributed by atoms with Crippen molar-refractivity contribution in [3.8, 4) is 22.8 Å². The Kier molecular flexibility index (Phi) is 4.30. The maximum absolute atomic E-state index is 12.3. The molecule has 1 atom stereocenters. The van der Waals surface area contributed by atoms with Crippen molar-refractivity contribution in [3.05, 3.63) is 48.7 Å². The summed E-state index contributed by atoms with van der Waals surface area (Å²) in [7, 11) is 0. The predicted octanol–water partition coefficient (Wildman–Crippen LogP) is 4.15. The molecule has 0 spiro atoms. The molecule has 0 bridgehead atoms. The summed E-state index contributed by atoms with van der Waals surface area (Å²) in [6.45, 7) is 3.70. The van der Waals surface area contributed by atoms with Gasteiger partial charge in [0, 0.05) is 48.2 Å². The Bertz CT molecular complexity index is 1060. The van der Waals surface area contributed by atoms with Crippen LogP contribution in [0.3, 0.4) is 0 Å². The van der Waals surface area contributed by atoms with Crippen molar-refractivity contribution in [1.82, 2.24) is 19.7 Å². The summed E-state index contributed by atoms with van der Waals surface area (Å²) < 4.78 is 8.29. The fourth-order valence-electron chi connectivity index (χ4n) is 4.09. The lowest BCUT2D eigenvalue weighted by Gasteiger charge is -2.35. The molecule has 5 rings (SSSR count). The average molecular weight is 389 g/mol. The molecule has 1 aliphatic heterocycles. The largest absolute Gasteiger partial charge is 0.436 e. The van der Waals surface area contributed by atoms with Crippen LogP contribution in [-0.4, -0.2) is 31.7 Å². The Balaban J connectivity index is 1.65. The fourth-order valence-corrected chi connectivity index (χ4v) is 4.09. The standard InChI is InChI=1S/C22H23N5O2/c1-14-3-6-19-20(27(14)15(2)28)8-7-18(16-11-25-26(13-16)17-4-5-17)22(19)29-21-12-23-9-10-24-21/h7-14,17H,3-6H2,1-2H3. The van der Waals surface area contributed by atoms with Crippen molar-refractivity contribution >= 4 is 11.6 Å². The second-order valence-corrected chi connectivity index (χ2v) is 7.80. The number of hydrogen-bond donors (Lipinski definition) is 0. The second kappa shape index (κ2) is 6.99. The summed E-state index contributed by atoms with van der Waals surface area (Å²) in [5, 5.41) is 4.54. The summed E-state index contributed by atoms with van der Waals surface area (Å²) in [4.78, 5) is 22.6. The number of hydrogen-bond acceptors (Lipinski definition) is 5. The van der Waals surface area contributed by atoms with Gasteiger partial charge in [0.2, 0.25) is 11.8 Å². The number of anilines is 1.